The van der Waals surface area contributed by atoms with Gasteiger partial charge in [0.25, 0.3) is 0 Å². The summed E-state index contributed by atoms with van der Waals surface area (Å²) in [5.74, 6) is 0. The summed E-state index contributed by atoms with van der Waals surface area (Å²) in [6.07, 6.45) is 1.18. The Kier molecular flexibility index (Phi) is 4.29. The van der Waals surface area contributed by atoms with Gasteiger partial charge >= 0.3 is 0 Å². The minimum atomic E-state index is 1.07. The minimum Gasteiger partial charge on any atom is -0.375 e. The Morgan fingerprint density at radius 1 is 1.23 bits per heavy atom. The first-order valence-corrected chi connectivity index (χ1v) is 5.70. The van der Waals surface area contributed by atoms with Gasteiger partial charge in [-0.15, -0.1) is 0 Å². The Hall–Kier alpha value is -0.500. The Morgan fingerprint density at radius 3 is 2.38 bits per heavy atom. The van der Waals surface area contributed by atoms with E-state index in [9.17, 15) is 0 Å². The number of aryl methyl sites for hydroxylation is 1. The standard InChI is InChI=1S/C11H16BrN/c1-10-4-6-11(7-5-10)13(2)9-3-8-12/h4-7H,3,8-9H2,1-2H3. The lowest BCUT2D eigenvalue weighted by Gasteiger charge is -2.18. The molecule has 0 heterocycles. The summed E-state index contributed by atoms with van der Waals surface area (Å²) in [4.78, 5) is 2.28. The lowest BCUT2D eigenvalue weighted by molar-refractivity contribution is 0.863. The van der Waals surface area contributed by atoms with E-state index >= 15 is 0 Å². The quantitative estimate of drug-likeness (QED) is 0.733. The normalized spacial score (nSPS) is 10.1. The van der Waals surface area contributed by atoms with Crippen LogP contribution in [-0.4, -0.2) is 18.9 Å². The van der Waals surface area contributed by atoms with Crippen LogP contribution in [0.15, 0.2) is 24.3 Å². The van der Waals surface area contributed by atoms with E-state index in [2.05, 4.69) is 59.1 Å². The van der Waals surface area contributed by atoms with E-state index in [0.717, 1.165) is 11.9 Å². The molecule has 1 nitrogen and oxygen atoms in total. The van der Waals surface area contributed by atoms with Gasteiger partial charge in [-0.2, -0.15) is 0 Å². The zero-order chi connectivity index (χ0) is 9.68. The second kappa shape index (κ2) is 5.28. The van der Waals surface area contributed by atoms with Gasteiger partial charge in [-0.1, -0.05) is 33.6 Å². The molecule has 0 amide bonds. The van der Waals surface area contributed by atoms with Crippen molar-refractivity contribution in [3.63, 3.8) is 0 Å². The van der Waals surface area contributed by atoms with E-state index in [0.29, 0.717) is 0 Å². The fourth-order valence-corrected chi connectivity index (χ4v) is 1.48. The molecule has 13 heavy (non-hydrogen) atoms. The minimum absolute atomic E-state index is 1.07. The number of halogens is 1. The number of rotatable bonds is 4. The maximum absolute atomic E-state index is 3.44. The lowest BCUT2D eigenvalue weighted by atomic mass is 10.2. The van der Waals surface area contributed by atoms with Crippen molar-refractivity contribution in [1.29, 1.82) is 0 Å². The average Bonchev–Trinajstić information content (AvgIpc) is 2.15. The van der Waals surface area contributed by atoms with Crippen molar-refractivity contribution in [3.8, 4) is 0 Å². The van der Waals surface area contributed by atoms with E-state index in [1.165, 1.54) is 17.7 Å². The van der Waals surface area contributed by atoms with Crippen molar-refractivity contribution in [2.75, 3.05) is 23.8 Å². The van der Waals surface area contributed by atoms with E-state index < -0.39 is 0 Å². The number of anilines is 1. The highest BCUT2D eigenvalue weighted by Crippen LogP contribution is 2.13. The second-order valence-corrected chi connectivity index (χ2v) is 4.09. The van der Waals surface area contributed by atoms with Gasteiger partial charge in [-0.05, 0) is 25.5 Å². The number of benzene rings is 1. The highest BCUT2D eigenvalue weighted by molar-refractivity contribution is 9.09. The predicted octanol–water partition coefficient (Wildman–Crippen LogP) is 3.22. The zero-order valence-electron chi connectivity index (χ0n) is 8.26. The fraction of sp³-hybridized carbons (Fsp3) is 0.455. The summed E-state index contributed by atoms with van der Waals surface area (Å²) in [5, 5.41) is 1.07. The molecule has 0 fully saturated rings. The first kappa shape index (κ1) is 10.6. The molecule has 0 aliphatic carbocycles. The monoisotopic (exact) mass is 241 g/mol. The number of alkyl halides is 1. The molecule has 0 aliphatic heterocycles. The molecule has 1 rings (SSSR count). The summed E-state index contributed by atoms with van der Waals surface area (Å²) in [6.45, 7) is 3.22. The Labute approximate surface area is 88.9 Å². The predicted molar refractivity (Wildman–Crippen MR) is 62.9 cm³/mol. The summed E-state index contributed by atoms with van der Waals surface area (Å²) >= 11 is 3.44. The molecule has 2 heteroatoms. The zero-order valence-corrected chi connectivity index (χ0v) is 9.84. The van der Waals surface area contributed by atoms with Crippen molar-refractivity contribution in [3.05, 3.63) is 29.8 Å². The third-order valence-corrected chi connectivity index (χ3v) is 2.66. The molecule has 0 aromatic heterocycles. The summed E-state index contributed by atoms with van der Waals surface area (Å²) < 4.78 is 0. The molecule has 1 aromatic rings. The third kappa shape index (κ3) is 3.39. The summed E-state index contributed by atoms with van der Waals surface area (Å²) in [7, 11) is 2.13. The van der Waals surface area contributed by atoms with Crippen LogP contribution >= 0.6 is 15.9 Å². The van der Waals surface area contributed by atoms with Crippen molar-refractivity contribution in [2.45, 2.75) is 13.3 Å². The largest absolute Gasteiger partial charge is 0.375 e. The summed E-state index contributed by atoms with van der Waals surface area (Å²) in [5.41, 5.74) is 2.61. The fourth-order valence-electron chi connectivity index (χ4n) is 1.23. The van der Waals surface area contributed by atoms with E-state index in [-0.39, 0.29) is 0 Å². The van der Waals surface area contributed by atoms with Gasteiger partial charge < -0.3 is 4.90 Å². The first-order chi connectivity index (χ1) is 6.24. The smallest absolute Gasteiger partial charge is 0.0363 e. The van der Waals surface area contributed by atoms with Crippen LogP contribution in [0.3, 0.4) is 0 Å². The van der Waals surface area contributed by atoms with Crippen LogP contribution < -0.4 is 4.90 Å². The van der Waals surface area contributed by atoms with Crippen LogP contribution in [0.1, 0.15) is 12.0 Å². The Morgan fingerprint density at radius 2 is 1.85 bits per heavy atom. The van der Waals surface area contributed by atoms with E-state index in [1.54, 1.807) is 0 Å². The molecule has 0 unspecified atom stereocenters. The van der Waals surface area contributed by atoms with E-state index in [4.69, 9.17) is 0 Å². The van der Waals surface area contributed by atoms with Crippen LogP contribution in [0.2, 0.25) is 0 Å². The van der Waals surface area contributed by atoms with Gasteiger partial charge in [-0.25, -0.2) is 0 Å². The van der Waals surface area contributed by atoms with Gasteiger partial charge in [0.2, 0.25) is 0 Å². The number of nitrogens with zero attached hydrogens (tertiary/aromatic N) is 1. The molecule has 0 radical (unpaired) electrons. The highest BCUT2D eigenvalue weighted by atomic mass is 79.9. The van der Waals surface area contributed by atoms with Crippen LogP contribution in [-0.2, 0) is 0 Å². The Balaban J connectivity index is 2.55. The van der Waals surface area contributed by atoms with Gasteiger partial charge in [0.1, 0.15) is 0 Å². The molecular weight excluding hydrogens is 226 g/mol. The number of hydrogen-bond acceptors (Lipinski definition) is 1. The van der Waals surface area contributed by atoms with E-state index in [1.807, 2.05) is 0 Å². The molecule has 0 atom stereocenters. The molecule has 0 saturated heterocycles. The molecule has 0 saturated carbocycles. The van der Waals surface area contributed by atoms with Crippen LogP contribution in [0.4, 0.5) is 5.69 Å². The molecule has 0 bridgehead atoms. The molecule has 0 N–H and O–H groups in total. The van der Waals surface area contributed by atoms with Crippen molar-refractivity contribution >= 4 is 21.6 Å². The number of hydrogen-bond donors (Lipinski definition) is 0. The van der Waals surface area contributed by atoms with Gasteiger partial charge in [0.15, 0.2) is 0 Å². The molecule has 0 aliphatic rings. The molecular formula is C11H16BrN. The molecule has 72 valence electrons. The summed E-state index contributed by atoms with van der Waals surface area (Å²) in [6, 6.07) is 8.65. The van der Waals surface area contributed by atoms with Crippen molar-refractivity contribution < 1.29 is 0 Å². The van der Waals surface area contributed by atoms with Crippen LogP contribution in [0.5, 0.6) is 0 Å². The van der Waals surface area contributed by atoms with Gasteiger partial charge in [0.05, 0.1) is 0 Å². The van der Waals surface area contributed by atoms with Crippen LogP contribution in [0.25, 0.3) is 0 Å². The maximum Gasteiger partial charge on any atom is 0.0363 e. The Bertz CT molecular complexity index is 243. The molecule has 1 aromatic carbocycles. The van der Waals surface area contributed by atoms with Crippen molar-refractivity contribution in [1.82, 2.24) is 0 Å². The van der Waals surface area contributed by atoms with Gasteiger partial charge in [-0.3, -0.25) is 0 Å². The first-order valence-electron chi connectivity index (χ1n) is 4.58. The lowest BCUT2D eigenvalue weighted by Crippen LogP contribution is -2.18. The second-order valence-electron chi connectivity index (χ2n) is 3.30. The topological polar surface area (TPSA) is 3.24 Å². The van der Waals surface area contributed by atoms with Crippen molar-refractivity contribution in [2.24, 2.45) is 0 Å². The molecule has 0 spiro atoms. The third-order valence-electron chi connectivity index (χ3n) is 2.10. The van der Waals surface area contributed by atoms with Gasteiger partial charge in [0, 0.05) is 24.6 Å². The maximum atomic E-state index is 3.44. The highest BCUT2D eigenvalue weighted by Gasteiger charge is 1.98. The SMILES string of the molecule is Cc1ccc(N(C)CCCBr)cc1. The van der Waals surface area contributed by atoms with Crippen LogP contribution in [0, 0.1) is 6.92 Å². The average molecular weight is 242 g/mol.